The molecule has 1 rings (SSSR count). The summed E-state index contributed by atoms with van der Waals surface area (Å²) in [5, 5.41) is 0. The van der Waals surface area contributed by atoms with Crippen molar-refractivity contribution in [3.63, 3.8) is 0 Å². The van der Waals surface area contributed by atoms with Crippen LogP contribution in [-0.2, 0) is 19.7 Å². The second-order valence-corrected chi connectivity index (χ2v) is 9.97. The predicted octanol–water partition coefficient (Wildman–Crippen LogP) is 4.74. The van der Waals surface area contributed by atoms with Crippen LogP contribution in [0, 0.1) is 5.41 Å². The molecular weight excluding hydrogens is 512 g/mol. The zero-order chi connectivity index (χ0) is 24.9. The maximum Gasteiger partial charge on any atom is 0.502 e. The molecule has 0 saturated heterocycles. The van der Waals surface area contributed by atoms with Gasteiger partial charge in [0.2, 0.25) is 0 Å². The summed E-state index contributed by atoms with van der Waals surface area (Å²) in [6.45, 7) is 0. The average molecular weight is 520 g/mol. The Hall–Kier alpha value is -1.72. The minimum atomic E-state index is -7.43. The van der Waals surface area contributed by atoms with Gasteiger partial charge in [-0.25, -0.2) is 16.8 Å². The Bertz CT molecular complexity index is 967. The standard InChI is InChI=1S/C13H8F12O4S2/c14-10(15,16)9(11(17,18)19,12(20,21)22)6-30(26,27)8(7-4-2-1-3-5-7)31(28,29)13(23,24)25/h1-4H,5-6H2. The van der Waals surface area contributed by atoms with Gasteiger partial charge in [0.1, 0.15) is 0 Å². The van der Waals surface area contributed by atoms with Crippen LogP contribution in [0.1, 0.15) is 6.42 Å². The van der Waals surface area contributed by atoms with Crippen molar-refractivity contribution in [3.8, 4) is 0 Å². The van der Waals surface area contributed by atoms with E-state index < -0.39 is 71.1 Å². The third-order valence-electron chi connectivity index (χ3n) is 3.83. The van der Waals surface area contributed by atoms with E-state index in [-0.39, 0.29) is 6.08 Å². The molecule has 0 atom stereocenters. The van der Waals surface area contributed by atoms with Crippen LogP contribution in [0.5, 0.6) is 0 Å². The molecule has 0 aromatic carbocycles. The molecule has 0 radical (unpaired) electrons. The van der Waals surface area contributed by atoms with Gasteiger partial charge in [0.05, 0.1) is 5.75 Å². The molecule has 0 N–H and O–H groups in total. The Kier molecular flexibility index (Phi) is 6.78. The van der Waals surface area contributed by atoms with E-state index in [9.17, 15) is 69.5 Å². The summed E-state index contributed by atoms with van der Waals surface area (Å²) in [6.07, 6.45) is -20.7. The first-order valence-electron chi connectivity index (χ1n) is 7.24. The highest BCUT2D eigenvalue weighted by atomic mass is 32.3. The highest BCUT2D eigenvalue weighted by Gasteiger charge is 2.85. The molecule has 0 aromatic rings. The number of hydrogen-bond donors (Lipinski definition) is 0. The highest BCUT2D eigenvalue weighted by molar-refractivity contribution is 8.14. The Labute approximate surface area is 165 Å². The molecule has 1 aliphatic carbocycles. The molecule has 0 unspecified atom stereocenters. The summed E-state index contributed by atoms with van der Waals surface area (Å²) in [4.78, 5) is 0. The lowest BCUT2D eigenvalue weighted by Crippen LogP contribution is -2.63. The van der Waals surface area contributed by atoms with Crippen LogP contribution in [0.4, 0.5) is 52.7 Å². The van der Waals surface area contributed by atoms with E-state index in [1.54, 1.807) is 0 Å². The SMILES string of the molecule is O=S(=O)(CC(C(F)(F)F)(C(F)(F)F)C(F)(F)F)C(=C1C=CC=CC1)S(=O)(=O)C(F)(F)F. The van der Waals surface area contributed by atoms with E-state index in [1.807, 2.05) is 0 Å². The van der Waals surface area contributed by atoms with E-state index in [0.29, 0.717) is 6.08 Å². The number of hydrogen-bond acceptors (Lipinski definition) is 4. The fourth-order valence-corrected chi connectivity index (χ4v) is 6.63. The summed E-state index contributed by atoms with van der Waals surface area (Å²) < 4.78 is 201. The maximum atomic E-state index is 13.0. The van der Waals surface area contributed by atoms with Gasteiger partial charge >= 0.3 is 24.0 Å². The van der Waals surface area contributed by atoms with Crippen molar-refractivity contribution in [2.75, 3.05) is 5.75 Å². The maximum absolute atomic E-state index is 13.0. The van der Waals surface area contributed by atoms with Crippen LogP contribution in [-0.4, -0.2) is 46.6 Å². The van der Waals surface area contributed by atoms with E-state index in [2.05, 4.69) is 0 Å². The topological polar surface area (TPSA) is 68.3 Å². The number of rotatable bonds is 4. The van der Waals surface area contributed by atoms with Gasteiger partial charge in [-0.05, 0) is 12.0 Å². The molecule has 180 valence electrons. The molecule has 0 saturated carbocycles. The second kappa shape index (κ2) is 7.70. The smallest absolute Gasteiger partial charge is 0.223 e. The fourth-order valence-electron chi connectivity index (χ4n) is 2.39. The lowest BCUT2D eigenvalue weighted by molar-refractivity contribution is -0.418. The van der Waals surface area contributed by atoms with Crippen LogP contribution in [0.15, 0.2) is 34.1 Å². The quantitative estimate of drug-likeness (QED) is 0.503. The average Bonchev–Trinajstić information content (AvgIpc) is 2.48. The zero-order valence-corrected chi connectivity index (χ0v) is 15.8. The minimum Gasteiger partial charge on any atom is -0.223 e. The van der Waals surface area contributed by atoms with Crippen molar-refractivity contribution >= 4 is 19.7 Å². The van der Waals surface area contributed by atoms with Crippen LogP contribution >= 0.6 is 0 Å². The Morgan fingerprint density at radius 2 is 1.16 bits per heavy atom. The monoisotopic (exact) mass is 520 g/mol. The van der Waals surface area contributed by atoms with Gasteiger partial charge in [-0.1, -0.05) is 24.3 Å². The van der Waals surface area contributed by atoms with Gasteiger partial charge in [-0.15, -0.1) is 0 Å². The summed E-state index contributed by atoms with van der Waals surface area (Å²) >= 11 is 0. The number of sulfone groups is 2. The highest BCUT2D eigenvalue weighted by Crippen LogP contribution is 2.60. The summed E-state index contributed by atoms with van der Waals surface area (Å²) in [7, 11) is -14.2. The first-order chi connectivity index (χ1) is 13.4. The summed E-state index contributed by atoms with van der Waals surface area (Å²) in [5.41, 5.74) is -15.1. The van der Waals surface area contributed by atoms with Crippen molar-refractivity contribution in [2.24, 2.45) is 5.41 Å². The van der Waals surface area contributed by atoms with E-state index in [4.69, 9.17) is 0 Å². The molecule has 1 aliphatic rings. The minimum absolute atomic E-state index is 0.284. The van der Waals surface area contributed by atoms with Crippen LogP contribution in [0.25, 0.3) is 0 Å². The van der Waals surface area contributed by atoms with Crippen molar-refractivity contribution in [2.45, 2.75) is 30.5 Å². The van der Waals surface area contributed by atoms with Gasteiger partial charge in [0, 0.05) is 0 Å². The lowest BCUT2D eigenvalue weighted by atomic mass is 9.88. The molecule has 0 fully saturated rings. The van der Waals surface area contributed by atoms with Crippen LogP contribution < -0.4 is 0 Å². The third-order valence-corrected chi connectivity index (χ3v) is 8.25. The molecule has 4 nitrogen and oxygen atoms in total. The molecule has 31 heavy (non-hydrogen) atoms. The number of alkyl halides is 12. The first kappa shape index (κ1) is 27.3. The zero-order valence-electron chi connectivity index (χ0n) is 14.2. The molecule has 0 aliphatic heterocycles. The first-order valence-corrected chi connectivity index (χ1v) is 10.4. The summed E-state index contributed by atoms with van der Waals surface area (Å²) in [6, 6.07) is 0. The van der Waals surface area contributed by atoms with Crippen molar-refractivity contribution in [3.05, 3.63) is 34.1 Å². The largest absolute Gasteiger partial charge is 0.502 e. The Morgan fingerprint density at radius 3 is 1.45 bits per heavy atom. The molecule has 18 heteroatoms. The molecular formula is C13H8F12O4S2. The summed E-state index contributed by atoms with van der Waals surface area (Å²) in [5.74, 6) is -4.11. The van der Waals surface area contributed by atoms with E-state index in [0.717, 1.165) is 12.2 Å². The number of allylic oxidation sites excluding steroid dienone is 5. The van der Waals surface area contributed by atoms with Gasteiger partial charge < -0.3 is 0 Å². The Balaban J connectivity index is 4.04. The molecule has 0 spiro atoms. The molecule has 0 bridgehead atoms. The second-order valence-electron chi connectivity index (χ2n) is 5.91. The van der Waals surface area contributed by atoms with Crippen LogP contribution in [0.2, 0.25) is 0 Å². The van der Waals surface area contributed by atoms with Gasteiger partial charge in [-0.3, -0.25) is 0 Å². The predicted molar refractivity (Wildman–Crippen MR) is 79.3 cm³/mol. The Morgan fingerprint density at radius 1 is 0.742 bits per heavy atom. The van der Waals surface area contributed by atoms with E-state index in [1.165, 1.54) is 0 Å². The van der Waals surface area contributed by atoms with E-state index >= 15 is 0 Å². The van der Waals surface area contributed by atoms with Crippen molar-refractivity contribution in [1.82, 2.24) is 0 Å². The van der Waals surface area contributed by atoms with Crippen LogP contribution in [0.3, 0.4) is 0 Å². The van der Waals surface area contributed by atoms with Gasteiger partial charge in [0.25, 0.3) is 15.3 Å². The molecule has 0 aromatic heterocycles. The molecule has 0 amide bonds. The fraction of sp³-hybridized carbons (Fsp3) is 0.538. The molecule has 0 heterocycles. The van der Waals surface area contributed by atoms with Crippen molar-refractivity contribution in [1.29, 1.82) is 0 Å². The third kappa shape index (κ3) is 4.73. The normalized spacial score (nSPS) is 19.0. The number of halogens is 12. The van der Waals surface area contributed by atoms with Crippen molar-refractivity contribution < 1.29 is 69.5 Å². The van der Waals surface area contributed by atoms with Gasteiger partial charge in [-0.2, -0.15) is 52.7 Å². The van der Waals surface area contributed by atoms with Gasteiger partial charge in [0.15, 0.2) is 14.1 Å². The lowest BCUT2D eigenvalue weighted by Gasteiger charge is -2.38.